The second kappa shape index (κ2) is 9.37. The normalized spacial score (nSPS) is 14.4. The van der Waals surface area contributed by atoms with Gasteiger partial charge in [-0.1, -0.05) is 48.0 Å². The van der Waals surface area contributed by atoms with Gasteiger partial charge in [-0.2, -0.15) is 0 Å². The highest BCUT2D eigenvalue weighted by Gasteiger charge is 2.26. The predicted octanol–water partition coefficient (Wildman–Crippen LogP) is 6.03. The molecule has 0 unspecified atom stereocenters. The summed E-state index contributed by atoms with van der Waals surface area (Å²) in [5, 5.41) is 0.631. The number of benzene rings is 3. The number of hydrogen-bond acceptors (Lipinski definition) is 5. The van der Waals surface area contributed by atoms with E-state index in [4.69, 9.17) is 25.8 Å². The molecule has 0 saturated carbocycles. The largest absolute Gasteiger partial charge is 0.493 e. The molecule has 3 aromatic carbocycles. The van der Waals surface area contributed by atoms with E-state index in [9.17, 15) is 4.79 Å². The van der Waals surface area contributed by atoms with Crippen molar-refractivity contribution in [3.63, 3.8) is 0 Å². The maximum Gasteiger partial charge on any atom is 0.363 e. The molecule has 1 aliphatic rings. The highest BCUT2D eigenvalue weighted by molar-refractivity contribution is 9.10. The molecule has 0 fully saturated rings. The summed E-state index contributed by atoms with van der Waals surface area (Å²) in [6.07, 6.45) is 1.63. The quantitative estimate of drug-likeness (QED) is 0.307. The molecule has 0 bridgehead atoms. The summed E-state index contributed by atoms with van der Waals surface area (Å²) in [6, 6.07) is 20.2. The number of ether oxygens (including phenoxy) is 3. The molecule has 0 aromatic heterocycles. The van der Waals surface area contributed by atoms with E-state index in [0.29, 0.717) is 27.6 Å². The molecule has 31 heavy (non-hydrogen) atoms. The summed E-state index contributed by atoms with van der Waals surface area (Å²) < 4.78 is 17.7. The fourth-order valence-corrected chi connectivity index (χ4v) is 3.72. The Morgan fingerprint density at radius 3 is 2.68 bits per heavy atom. The van der Waals surface area contributed by atoms with Gasteiger partial charge in [0, 0.05) is 15.1 Å². The van der Waals surface area contributed by atoms with Crippen molar-refractivity contribution in [2.24, 2.45) is 4.99 Å². The van der Waals surface area contributed by atoms with Crippen molar-refractivity contribution in [3.8, 4) is 11.5 Å². The van der Waals surface area contributed by atoms with Gasteiger partial charge in [0.05, 0.1) is 12.7 Å². The third kappa shape index (κ3) is 4.81. The number of esters is 1. The summed E-state index contributed by atoms with van der Waals surface area (Å²) >= 11 is 9.52. The minimum Gasteiger partial charge on any atom is -0.493 e. The molecular formula is C24H17BrClNO4. The number of rotatable bonds is 6. The fourth-order valence-electron chi connectivity index (χ4n) is 3.05. The summed E-state index contributed by atoms with van der Waals surface area (Å²) in [6.45, 7) is 0.285. The first kappa shape index (κ1) is 21.2. The number of hydrogen-bond donors (Lipinski definition) is 0. The van der Waals surface area contributed by atoms with Crippen molar-refractivity contribution in [2.45, 2.75) is 6.61 Å². The van der Waals surface area contributed by atoms with Crippen LogP contribution in [0.25, 0.3) is 6.08 Å². The van der Waals surface area contributed by atoms with Gasteiger partial charge in [0.1, 0.15) is 6.61 Å². The van der Waals surface area contributed by atoms with Gasteiger partial charge < -0.3 is 14.2 Å². The minimum atomic E-state index is -0.533. The van der Waals surface area contributed by atoms with E-state index in [1.165, 1.54) is 0 Å². The van der Waals surface area contributed by atoms with Crippen LogP contribution in [0.2, 0.25) is 5.02 Å². The van der Waals surface area contributed by atoms with Crippen molar-refractivity contribution in [2.75, 3.05) is 7.11 Å². The Hall–Kier alpha value is -3.09. The van der Waals surface area contributed by atoms with Crippen molar-refractivity contribution < 1.29 is 19.0 Å². The zero-order valence-corrected chi connectivity index (χ0v) is 18.8. The molecule has 0 radical (unpaired) electrons. The van der Waals surface area contributed by atoms with Gasteiger partial charge in [0.2, 0.25) is 5.90 Å². The molecule has 1 heterocycles. The highest BCUT2D eigenvalue weighted by Crippen LogP contribution is 2.34. The first-order chi connectivity index (χ1) is 15.0. The van der Waals surface area contributed by atoms with Crippen molar-refractivity contribution >= 4 is 45.5 Å². The van der Waals surface area contributed by atoms with Crippen LogP contribution in [0.4, 0.5) is 0 Å². The summed E-state index contributed by atoms with van der Waals surface area (Å²) in [5.74, 6) is 0.745. The molecule has 0 saturated heterocycles. The molecule has 0 N–H and O–H groups in total. The third-order valence-electron chi connectivity index (χ3n) is 4.52. The van der Waals surface area contributed by atoms with E-state index in [1.807, 2.05) is 54.6 Å². The molecule has 3 aromatic rings. The number of halogens is 2. The molecule has 0 atom stereocenters. The van der Waals surface area contributed by atoms with E-state index < -0.39 is 5.97 Å². The molecule has 0 amide bonds. The number of aliphatic imine (C=N–C) groups is 1. The second-order valence-electron chi connectivity index (χ2n) is 6.61. The third-order valence-corrected chi connectivity index (χ3v) is 5.45. The summed E-state index contributed by atoms with van der Waals surface area (Å²) in [4.78, 5) is 16.8. The average Bonchev–Trinajstić information content (AvgIpc) is 3.13. The second-order valence-corrected chi connectivity index (χ2v) is 7.90. The topological polar surface area (TPSA) is 57.1 Å². The van der Waals surface area contributed by atoms with Crippen molar-refractivity contribution in [3.05, 3.63) is 98.6 Å². The molecule has 5 nitrogen and oxygen atoms in total. The monoisotopic (exact) mass is 497 g/mol. The lowest BCUT2D eigenvalue weighted by molar-refractivity contribution is -0.129. The highest BCUT2D eigenvalue weighted by atomic mass is 79.9. The Balaban J connectivity index is 1.67. The van der Waals surface area contributed by atoms with Gasteiger partial charge in [0.15, 0.2) is 17.2 Å². The van der Waals surface area contributed by atoms with Gasteiger partial charge in [-0.3, -0.25) is 0 Å². The Morgan fingerprint density at radius 1 is 1.10 bits per heavy atom. The van der Waals surface area contributed by atoms with Gasteiger partial charge in [-0.25, -0.2) is 9.79 Å². The van der Waals surface area contributed by atoms with E-state index in [2.05, 4.69) is 20.9 Å². The molecule has 4 rings (SSSR count). The van der Waals surface area contributed by atoms with Gasteiger partial charge in [-0.05, 0) is 57.9 Å². The first-order valence-electron chi connectivity index (χ1n) is 9.37. The number of carbonyl (C=O) groups excluding carboxylic acids is 1. The van der Waals surface area contributed by atoms with Crippen LogP contribution in [-0.2, 0) is 16.1 Å². The molecule has 7 heteroatoms. The fraction of sp³-hybridized carbons (Fsp3) is 0.0833. The van der Waals surface area contributed by atoms with Crippen LogP contribution in [-0.4, -0.2) is 19.0 Å². The van der Waals surface area contributed by atoms with E-state index in [0.717, 1.165) is 10.0 Å². The van der Waals surface area contributed by atoms with Crippen molar-refractivity contribution in [1.82, 2.24) is 0 Å². The smallest absolute Gasteiger partial charge is 0.363 e. The zero-order chi connectivity index (χ0) is 21.8. The Bertz CT molecular complexity index is 1210. The van der Waals surface area contributed by atoms with Gasteiger partial charge in [0.25, 0.3) is 0 Å². The Labute approximate surface area is 193 Å². The lowest BCUT2D eigenvalue weighted by Gasteiger charge is -2.13. The van der Waals surface area contributed by atoms with Crippen LogP contribution in [0.5, 0.6) is 11.5 Å². The number of para-hydroxylation sites is 1. The summed E-state index contributed by atoms with van der Waals surface area (Å²) in [5.41, 5.74) is 2.42. The Kier molecular flexibility index (Phi) is 6.39. The maximum atomic E-state index is 12.4. The minimum absolute atomic E-state index is 0.173. The van der Waals surface area contributed by atoms with Crippen LogP contribution in [0.15, 0.2) is 81.9 Å². The van der Waals surface area contributed by atoms with Crippen LogP contribution in [0.1, 0.15) is 16.7 Å². The van der Waals surface area contributed by atoms with E-state index >= 15 is 0 Å². The summed E-state index contributed by atoms with van der Waals surface area (Å²) in [7, 11) is 1.56. The maximum absolute atomic E-state index is 12.4. The number of nitrogens with zero attached hydrogens (tertiary/aromatic N) is 1. The van der Waals surface area contributed by atoms with Gasteiger partial charge >= 0.3 is 5.97 Å². The first-order valence-corrected chi connectivity index (χ1v) is 10.5. The lowest BCUT2D eigenvalue weighted by atomic mass is 10.1. The van der Waals surface area contributed by atoms with E-state index in [-0.39, 0.29) is 18.2 Å². The van der Waals surface area contributed by atoms with E-state index in [1.54, 1.807) is 25.3 Å². The average molecular weight is 499 g/mol. The molecule has 156 valence electrons. The molecular weight excluding hydrogens is 482 g/mol. The standard InChI is InChI=1S/C24H17BrClNO4/c1-29-21-11-5-7-16(22(21)30-14-15-6-4-8-17(26)12-15)13-20-24(28)31-23(27-20)18-9-2-3-10-19(18)25/h2-13H,14H2,1H3/b20-13-. The lowest BCUT2D eigenvalue weighted by Crippen LogP contribution is -2.06. The molecule has 0 aliphatic carbocycles. The predicted molar refractivity (Wildman–Crippen MR) is 124 cm³/mol. The van der Waals surface area contributed by atoms with Gasteiger partial charge in [-0.15, -0.1) is 0 Å². The molecule has 0 spiro atoms. The Morgan fingerprint density at radius 2 is 1.90 bits per heavy atom. The van der Waals surface area contributed by atoms with Crippen LogP contribution < -0.4 is 9.47 Å². The number of cyclic esters (lactones) is 1. The zero-order valence-electron chi connectivity index (χ0n) is 16.5. The van der Waals surface area contributed by atoms with Crippen LogP contribution in [0.3, 0.4) is 0 Å². The van der Waals surface area contributed by atoms with Crippen molar-refractivity contribution in [1.29, 1.82) is 0 Å². The van der Waals surface area contributed by atoms with Crippen LogP contribution in [0, 0.1) is 0 Å². The SMILES string of the molecule is COc1cccc(/C=C2\N=C(c3ccccc3Br)OC2=O)c1OCc1cccc(Cl)c1. The van der Waals surface area contributed by atoms with Crippen LogP contribution >= 0.6 is 27.5 Å². The molecule has 1 aliphatic heterocycles. The number of methoxy groups -OCH3 is 1. The number of carbonyl (C=O) groups is 1.